The largest absolute Gasteiger partial charge is 0.384 e. The molecule has 0 aromatic heterocycles. The van der Waals surface area contributed by atoms with Crippen molar-refractivity contribution in [1.29, 1.82) is 0 Å². The second kappa shape index (κ2) is 3.72. The highest BCUT2D eigenvalue weighted by Crippen LogP contribution is 2.38. The zero-order chi connectivity index (χ0) is 12.9. The van der Waals surface area contributed by atoms with Gasteiger partial charge in [-0.05, 0) is 23.1 Å². The number of fused-ring (bicyclic) bond motifs is 3. The van der Waals surface area contributed by atoms with Crippen molar-refractivity contribution in [1.82, 2.24) is 0 Å². The average molecular weight is 261 g/mol. The first-order valence-electron chi connectivity index (χ1n) is 5.98. The molecule has 1 N–H and O–H groups in total. The molecule has 0 fully saturated rings. The van der Waals surface area contributed by atoms with Crippen molar-refractivity contribution < 1.29 is 8.42 Å². The lowest BCUT2D eigenvalue weighted by Gasteiger charge is -2.10. The van der Waals surface area contributed by atoms with Gasteiger partial charge in [-0.2, -0.15) is 0 Å². The van der Waals surface area contributed by atoms with Gasteiger partial charge in [0, 0.05) is 29.8 Å². The van der Waals surface area contributed by atoms with Crippen LogP contribution in [0, 0.1) is 0 Å². The molecule has 1 heterocycles. The maximum Gasteiger partial charge on any atom is 0.176 e. The van der Waals surface area contributed by atoms with Crippen molar-refractivity contribution in [2.75, 3.05) is 18.1 Å². The number of nitrogens with one attached hydrogen (secondary N) is 1. The summed E-state index contributed by atoms with van der Waals surface area (Å²) in [6, 6.07) is 9.39. The number of hydrogen-bond acceptors (Lipinski definition) is 3. The third-order valence-electron chi connectivity index (χ3n) is 3.55. The summed E-state index contributed by atoms with van der Waals surface area (Å²) >= 11 is 0. The van der Waals surface area contributed by atoms with Crippen LogP contribution in [0.25, 0.3) is 10.8 Å². The molecule has 0 spiro atoms. The fourth-order valence-corrected chi connectivity index (χ4v) is 3.63. The van der Waals surface area contributed by atoms with Crippen molar-refractivity contribution in [3.05, 3.63) is 35.9 Å². The minimum absolute atomic E-state index is 0.415. The van der Waals surface area contributed by atoms with E-state index < -0.39 is 9.84 Å². The van der Waals surface area contributed by atoms with Gasteiger partial charge >= 0.3 is 0 Å². The summed E-state index contributed by atoms with van der Waals surface area (Å²) in [6.45, 7) is 3.07. The quantitative estimate of drug-likeness (QED) is 0.858. The molecule has 1 unspecified atom stereocenters. The van der Waals surface area contributed by atoms with Crippen LogP contribution in [0.4, 0.5) is 5.69 Å². The van der Waals surface area contributed by atoms with E-state index in [-0.39, 0.29) is 0 Å². The van der Waals surface area contributed by atoms with Crippen LogP contribution in [-0.4, -0.2) is 21.2 Å². The molecular formula is C14H15NO2S. The third kappa shape index (κ3) is 1.60. The molecule has 1 aliphatic rings. The Bertz CT molecular complexity index is 735. The molecule has 4 heteroatoms. The molecule has 94 valence electrons. The molecular weight excluding hydrogens is 246 g/mol. The van der Waals surface area contributed by atoms with Crippen molar-refractivity contribution in [2.45, 2.75) is 17.7 Å². The molecule has 3 nitrogen and oxygen atoms in total. The lowest BCUT2D eigenvalue weighted by Crippen LogP contribution is -1.99. The van der Waals surface area contributed by atoms with E-state index in [9.17, 15) is 8.42 Å². The van der Waals surface area contributed by atoms with E-state index in [2.05, 4.69) is 12.2 Å². The Morgan fingerprint density at radius 1 is 1.17 bits per heavy atom. The van der Waals surface area contributed by atoms with Gasteiger partial charge in [0.15, 0.2) is 9.84 Å². The van der Waals surface area contributed by atoms with E-state index in [1.165, 1.54) is 11.8 Å². The highest BCUT2D eigenvalue weighted by molar-refractivity contribution is 7.91. The van der Waals surface area contributed by atoms with Gasteiger partial charge in [0.05, 0.1) is 4.90 Å². The zero-order valence-electron chi connectivity index (χ0n) is 10.4. The standard InChI is InChI=1S/C14H15NO2S/c1-9-8-15-12-7-6-10-11(14(9)12)4-3-5-13(10)18(2,16)17/h3-7,9,15H,8H2,1-2H3. The van der Waals surface area contributed by atoms with E-state index in [1.807, 2.05) is 24.3 Å². The van der Waals surface area contributed by atoms with Gasteiger partial charge in [-0.1, -0.05) is 25.1 Å². The summed E-state index contributed by atoms with van der Waals surface area (Å²) in [5, 5.41) is 5.23. The van der Waals surface area contributed by atoms with E-state index in [0.29, 0.717) is 10.8 Å². The highest BCUT2D eigenvalue weighted by atomic mass is 32.2. The van der Waals surface area contributed by atoms with Crippen LogP contribution in [-0.2, 0) is 9.84 Å². The van der Waals surface area contributed by atoms with Crippen molar-refractivity contribution in [3.8, 4) is 0 Å². The number of rotatable bonds is 1. The SMILES string of the molecule is CC1CNc2ccc3c(S(C)(=O)=O)cccc3c21. The van der Waals surface area contributed by atoms with Crippen molar-refractivity contribution >= 4 is 26.3 Å². The molecule has 0 saturated heterocycles. The number of sulfone groups is 1. The van der Waals surface area contributed by atoms with Gasteiger partial charge in [-0.15, -0.1) is 0 Å². The van der Waals surface area contributed by atoms with Crippen LogP contribution in [0.5, 0.6) is 0 Å². The van der Waals surface area contributed by atoms with Gasteiger partial charge < -0.3 is 5.32 Å². The molecule has 2 aromatic carbocycles. The molecule has 18 heavy (non-hydrogen) atoms. The first-order chi connectivity index (χ1) is 8.48. The van der Waals surface area contributed by atoms with Gasteiger partial charge in [-0.3, -0.25) is 0 Å². The monoisotopic (exact) mass is 261 g/mol. The Morgan fingerprint density at radius 3 is 2.67 bits per heavy atom. The maximum atomic E-state index is 11.8. The fourth-order valence-electron chi connectivity index (χ4n) is 2.73. The number of hydrogen-bond donors (Lipinski definition) is 1. The molecule has 1 aliphatic heterocycles. The minimum atomic E-state index is -3.18. The van der Waals surface area contributed by atoms with Gasteiger partial charge in [0.1, 0.15) is 0 Å². The Balaban J connectivity index is 2.43. The maximum absolute atomic E-state index is 11.8. The van der Waals surface area contributed by atoms with Crippen LogP contribution in [0.3, 0.4) is 0 Å². The van der Waals surface area contributed by atoms with E-state index in [1.54, 1.807) is 6.07 Å². The molecule has 1 atom stereocenters. The van der Waals surface area contributed by atoms with Crippen molar-refractivity contribution in [3.63, 3.8) is 0 Å². The molecule has 0 aliphatic carbocycles. The Morgan fingerprint density at radius 2 is 1.94 bits per heavy atom. The van der Waals surface area contributed by atoms with Crippen LogP contribution < -0.4 is 5.32 Å². The van der Waals surface area contributed by atoms with Gasteiger partial charge in [0.2, 0.25) is 0 Å². The predicted molar refractivity (Wildman–Crippen MR) is 74.0 cm³/mol. The summed E-state index contributed by atoms with van der Waals surface area (Å²) in [4.78, 5) is 0.418. The second-order valence-electron chi connectivity index (χ2n) is 4.93. The van der Waals surface area contributed by atoms with Crippen LogP contribution >= 0.6 is 0 Å². The predicted octanol–water partition coefficient (Wildman–Crippen LogP) is 2.77. The molecule has 0 radical (unpaired) electrons. The summed E-state index contributed by atoms with van der Waals surface area (Å²) in [6.07, 6.45) is 1.26. The summed E-state index contributed by atoms with van der Waals surface area (Å²) in [7, 11) is -3.18. The zero-order valence-corrected chi connectivity index (χ0v) is 11.2. The fraction of sp³-hybridized carbons (Fsp3) is 0.286. The van der Waals surface area contributed by atoms with Crippen LogP contribution in [0.1, 0.15) is 18.4 Å². The molecule has 3 rings (SSSR count). The number of benzene rings is 2. The Kier molecular flexibility index (Phi) is 2.38. The summed E-state index contributed by atoms with van der Waals surface area (Å²) in [5.41, 5.74) is 2.36. The van der Waals surface area contributed by atoms with E-state index in [0.717, 1.165) is 23.0 Å². The molecule has 2 aromatic rings. The minimum Gasteiger partial charge on any atom is -0.384 e. The van der Waals surface area contributed by atoms with Crippen molar-refractivity contribution in [2.24, 2.45) is 0 Å². The number of anilines is 1. The van der Waals surface area contributed by atoms with E-state index in [4.69, 9.17) is 0 Å². The first kappa shape index (κ1) is 11.5. The highest BCUT2D eigenvalue weighted by Gasteiger charge is 2.22. The first-order valence-corrected chi connectivity index (χ1v) is 7.87. The van der Waals surface area contributed by atoms with Crippen LogP contribution in [0.2, 0.25) is 0 Å². The molecule has 0 amide bonds. The van der Waals surface area contributed by atoms with Gasteiger partial charge in [-0.25, -0.2) is 8.42 Å². The normalized spacial score (nSPS) is 18.7. The lowest BCUT2D eigenvalue weighted by molar-refractivity contribution is 0.602. The second-order valence-corrected chi connectivity index (χ2v) is 6.92. The summed E-state index contributed by atoms with van der Waals surface area (Å²) < 4.78 is 23.6. The molecule has 0 bridgehead atoms. The average Bonchev–Trinajstić information content (AvgIpc) is 2.69. The smallest absolute Gasteiger partial charge is 0.176 e. The van der Waals surface area contributed by atoms with E-state index >= 15 is 0 Å². The Labute approximate surface area is 107 Å². The summed E-state index contributed by atoms with van der Waals surface area (Å²) in [5.74, 6) is 0.415. The molecule has 0 saturated carbocycles. The topological polar surface area (TPSA) is 46.2 Å². The Hall–Kier alpha value is -1.55. The van der Waals surface area contributed by atoms with Gasteiger partial charge in [0.25, 0.3) is 0 Å². The third-order valence-corrected chi connectivity index (χ3v) is 4.71. The van der Waals surface area contributed by atoms with Crippen LogP contribution in [0.15, 0.2) is 35.2 Å². The lowest BCUT2D eigenvalue weighted by atomic mass is 9.96.